The number of rotatable bonds is 4. The van der Waals surface area contributed by atoms with Crippen LogP contribution in [0.3, 0.4) is 0 Å². The van der Waals surface area contributed by atoms with Crippen molar-refractivity contribution < 1.29 is 0 Å². The lowest BCUT2D eigenvalue weighted by atomic mass is 10.4. The number of anilines is 1. The molecule has 4 nitrogen and oxygen atoms in total. The molecule has 0 atom stereocenters. The molecule has 0 aliphatic carbocycles. The topological polar surface area (TPSA) is 55.0 Å². The molecule has 0 saturated carbocycles. The third-order valence-corrected chi connectivity index (χ3v) is 1.65. The minimum Gasteiger partial charge on any atom is -0.354 e. The van der Waals surface area contributed by atoms with Gasteiger partial charge in [-0.05, 0) is 6.92 Å². The summed E-state index contributed by atoms with van der Waals surface area (Å²) in [6.45, 7) is 4.46. The van der Waals surface area contributed by atoms with E-state index in [1.807, 2.05) is 0 Å². The molecular weight excluding hydrogens is 152 g/mol. The maximum atomic E-state index is 5.45. The van der Waals surface area contributed by atoms with Gasteiger partial charge in [-0.25, -0.2) is 4.98 Å². The Labute approximate surface area is 72.4 Å². The average Bonchev–Trinajstić information content (AvgIpc) is 2.15. The molecule has 0 aromatic carbocycles. The first kappa shape index (κ1) is 8.93. The lowest BCUT2D eigenvalue weighted by molar-refractivity contribution is 0.798. The molecule has 1 rings (SSSR count). The van der Waals surface area contributed by atoms with E-state index in [1.54, 1.807) is 18.6 Å². The van der Waals surface area contributed by atoms with Crippen molar-refractivity contribution in [3.05, 3.63) is 18.6 Å². The number of hydrogen-bond acceptors (Lipinski definition) is 4. The minimum atomic E-state index is 0.643. The summed E-state index contributed by atoms with van der Waals surface area (Å²) >= 11 is 0. The summed E-state index contributed by atoms with van der Waals surface area (Å²) in [5.74, 6) is 0.894. The van der Waals surface area contributed by atoms with Gasteiger partial charge in [0, 0.05) is 32.0 Å². The van der Waals surface area contributed by atoms with Gasteiger partial charge < -0.3 is 10.6 Å². The van der Waals surface area contributed by atoms with Crippen LogP contribution >= 0.6 is 0 Å². The first-order chi connectivity index (χ1) is 5.88. The van der Waals surface area contributed by atoms with Crippen molar-refractivity contribution >= 4 is 5.82 Å². The lowest BCUT2D eigenvalue weighted by Gasteiger charge is -2.19. The highest BCUT2D eigenvalue weighted by Gasteiger charge is 2.02. The first-order valence-corrected chi connectivity index (χ1v) is 4.09. The van der Waals surface area contributed by atoms with Crippen LogP contribution in [0.15, 0.2) is 18.6 Å². The van der Waals surface area contributed by atoms with Crippen LogP contribution in [0.5, 0.6) is 0 Å². The third kappa shape index (κ3) is 2.17. The summed E-state index contributed by atoms with van der Waals surface area (Å²) < 4.78 is 0. The van der Waals surface area contributed by atoms with Crippen molar-refractivity contribution in [1.29, 1.82) is 0 Å². The van der Waals surface area contributed by atoms with Gasteiger partial charge in [0.15, 0.2) is 0 Å². The predicted molar refractivity (Wildman–Crippen MR) is 49.0 cm³/mol. The second-order valence-electron chi connectivity index (χ2n) is 2.43. The molecule has 1 heterocycles. The molecule has 0 bridgehead atoms. The Morgan fingerprint density at radius 3 is 2.83 bits per heavy atom. The summed E-state index contributed by atoms with van der Waals surface area (Å²) in [6.07, 6.45) is 5.10. The molecular formula is C8H14N4. The van der Waals surface area contributed by atoms with Gasteiger partial charge in [-0.3, -0.25) is 4.98 Å². The molecule has 0 fully saturated rings. The SMILES string of the molecule is CCN(CCN)c1cnccn1. The van der Waals surface area contributed by atoms with Crippen molar-refractivity contribution in [2.75, 3.05) is 24.5 Å². The fraction of sp³-hybridized carbons (Fsp3) is 0.500. The average molecular weight is 166 g/mol. The molecule has 2 N–H and O–H groups in total. The Morgan fingerprint density at radius 2 is 2.33 bits per heavy atom. The molecule has 0 unspecified atom stereocenters. The first-order valence-electron chi connectivity index (χ1n) is 4.09. The van der Waals surface area contributed by atoms with Crippen LogP contribution in [-0.4, -0.2) is 29.6 Å². The number of nitrogens with zero attached hydrogens (tertiary/aromatic N) is 3. The highest BCUT2D eigenvalue weighted by molar-refractivity contribution is 5.34. The van der Waals surface area contributed by atoms with Gasteiger partial charge in [0.25, 0.3) is 0 Å². The fourth-order valence-electron chi connectivity index (χ4n) is 1.05. The van der Waals surface area contributed by atoms with E-state index in [1.165, 1.54) is 0 Å². The molecule has 66 valence electrons. The van der Waals surface area contributed by atoms with E-state index in [9.17, 15) is 0 Å². The number of hydrogen-bond donors (Lipinski definition) is 1. The van der Waals surface area contributed by atoms with Crippen molar-refractivity contribution in [2.24, 2.45) is 5.73 Å². The molecule has 4 heteroatoms. The van der Waals surface area contributed by atoms with E-state index < -0.39 is 0 Å². The molecule has 0 saturated heterocycles. The Kier molecular flexibility index (Phi) is 3.47. The standard InChI is InChI=1S/C8H14N4/c1-2-12(6-3-9)8-7-10-4-5-11-8/h4-5,7H,2-3,6,9H2,1H3. The molecule has 1 aromatic heterocycles. The Morgan fingerprint density at radius 1 is 1.50 bits per heavy atom. The van der Waals surface area contributed by atoms with Crippen LogP contribution in [-0.2, 0) is 0 Å². The van der Waals surface area contributed by atoms with Gasteiger partial charge in [-0.2, -0.15) is 0 Å². The van der Waals surface area contributed by atoms with Crippen molar-refractivity contribution in [2.45, 2.75) is 6.92 Å². The quantitative estimate of drug-likeness (QED) is 0.697. The van der Waals surface area contributed by atoms with Crippen LogP contribution in [0.4, 0.5) is 5.82 Å². The van der Waals surface area contributed by atoms with Crippen LogP contribution in [0.1, 0.15) is 6.92 Å². The number of nitrogens with two attached hydrogens (primary N) is 1. The third-order valence-electron chi connectivity index (χ3n) is 1.65. The van der Waals surface area contributed by atoms with Gasteiger partial charge in [-0.15, -0.1) is 0 Å². The van der Waals surface area contributed by atoms with Crippen molar-refractivity contribution in [3.63, 3.8) is 0 Å². The zero-order chi connectivity index (χ0) is 8.81. The molecule has 12 heavy (non-hydrogen) atoms. The number of aromatic nitrogens is 2. The van der Waals surface area contributed by atoms with E-state index in [0.29, 0.717) is 6.54 Å². The smallest absolute Gasteiger partial charge is 0.147 e. The van der Waals surface area contributed by atoms with Gasteiger partial charge >= 0.3 is 0 Å². The van der Waals surface area contributed by atoms with Crippen LogP contribution in [0.25, 0.3) is 0 Å². The second-order valence-corrected chi connectivity index (χ2v) is 2.43. The van der Waals surface area contributed by atoms with E-state index in [0.717, 1.165) is 18.9 Å². The zero-order valence-corrected chi connectivity index (χ0v) is 7.27. The van der Waals surface area contributed by atoms with E-state index in [2.05, 4.69) is 21.8 Å². The second kappa shape index (κ2) is 4.66. The molecule has 0 aliphatic heterocycles. The Bertz CT molecular complexity index is 212. The van der Waals surface area contributed by atoms with Crippen molar-refractivity contribution in [1.82, 2.24) is 9.97 Å². The highest BCUT2D eigenvalue weighted by Crippen LogP contribution is 2.05. The normalized spacial score (nSPS) is 9.83. The zero-order valence-electron chi connectivity index (χ0n) is 7.27. The summed E-state index contributed by atoms with van der Waals surface area (Å²) in [6, 6.07) is 0. The minimum absolute atomic E-state index is 0.643. The lowest BCUT2D eigenvalue weighted by Crippen LogP contribution is -2.29. The van der Waals surface area contributed by atoms with Gasteiger partial charge in [0.2, 0.25) is 0 Å². The van der Waals surface area contributed by atoms with Gasteiger partial charge in [0.05, 0.1) is 6.20 Å². The summed E-state index contributed by atoms with van der Waals surface area (Å²) in [7, 11) is 0. The summed E-state index contributed by atoms with van der Waals surface area (Å²) in [4.78, 5) is 10.3. The van der Waals surface area contributed by atoms with Gasteiger partial charge in [0.1, 0.15) is 5.82 Å². The molecule has 0 radical (unpaired) electrons. The molecule has 0 amide bonds. The van der Waals surface area contributed by atoms with Gasteiger partial charge in [-0.1, -0.05) is 0 Å². The predicted octanol–water partition coefficient (Wildman–Crippen LogP) is 0.262. The van der Waals surface area contributed by atoms with E-state index >= 15 is 0 Å². The van der Waals surface area contributed by atoms with E-state index in [-0.39, 0.29) is 0 Å². The van der Waals surface area contributed by atoms with E-state index in [4.69, 9.17) is 5.73 Å². The summed E-state index contributed by atoms with van der Waals surface area (Å²) in [5, 5.41) is 0. The Hall–Kier alpha value is -1.16. The van der Waals surface area contributed by atoms with Crippen LogP contribution < -0.4 is 10.6 Å². The summed E-state index contributed by atoms with van der Waals surface area (Å²) in [5.41, 5.74) is 5.45. The largest absolute Gasteiger partial charge is 0.354 e. The molecule has 0 spiro atoms. The number of likely N-dealkylation sites (N-methyl/N-ethyl adjacent to an activating group) is 1. The van der Waals surface area contributed by atoms with Crippen LogP contribution in [0.2, 0.25) is 0 Å². The van der Waals surface area contributed by atoms with Crippen LogP contribution in [0, 0.1) is 0 Å². The maximum Gasteiger partial charge on any atom is 0.147 e. The Balaban J connectivity index is 2.66. The monoisotopic (exact) mass is 166 g/mol. The molecule has 1 aromatic rings. The van der Waals surface area contributed by atoms with Crippen molar-refractivity contribution in [3.8, 4) is 0 Å². The molecule has 0 aliphatic rings. The highest BCUT2D eigenvalue weighted by atomic mass is 15.2. The maximum absolute atomic E-state index is 5.45. The fourth-order valence-corrected chi connectivity index (χ4v) is 1.05.